The number of alkyl halides is 9. The third-order valence-corrected chi connectivity index (χ3v) is 14.6. The first-order chi connectivity index (χ1) is 9.20. The molecular weight excluding hydrogens is 363 g/mol. The Bertz CT molecular complexity index is 278. The van der Waals surface area contributed by atoms with Gasteiger partial charge in [-0.05, 0) is 0 Å². The molecule has 12 heteroatoms. The van der Waals surface area contributed by atoms with Crippen molar-refractivity contribution in [2.45, 2.75) is 55.9 Å². The lowest BCUT2D eigenvalue weighted by Gasteiger charge is -2.23. The molecule has 0 atom stereocenters. The summed E-state index contributed by atoms with van der Waals surface area (Å²) in [6.45, 7) is 0. The van der Waals surface area contributed by atoms with E-state index in [-0.39, 0.29) is 0 Å². The smallest absolute Gasteiger partial charge is 0.171 e. The second-order valence-electron chi connectivity index (χ2n) is 4.43. The largest absolute Gasteiger partial charge is 0.388 e. The van der Waals surface area contributed by atoms with Gasteiger partial charge in [0.25, 0.3) is 0 Å². The molecule has 0 N–H and O–H groups in total. The fraction of sp³-hybridized carbons (Fsp3) is 1.00. The first kappa shape index (κ1) is 21.0. The van der Waals surface area contributed by atoms with Crippen molar-refractivity contribution in [3.63, 3.8) is 0 Å². The van der Waals surface area contributed by atoms with E-state index in [0.717, 1.165) is 0 Å². The molecule has 0 aromatic rings. The molecule has 0 aliphatic heterocycles. The molecular formula is C9H12F9Si3. The van der Waals surface area contributed by atoms with E-state index in [4.69, 9.17) is 0 Å². The lowest BCUT2D eigenvalue weighted by atomic mass is 10.5. The van der Waals surface area contributed by atoms with Gasteiger partial charge in [0.15, 0.2) is 0 Å². The topological polar surface area (TPSA) is 0 Å². The van der Waals surface area contributed by atoms with E-state index in [1.807, 2.05) is 0 Å². The minimum Gasteiger partial charge on any atom is -0.171 e. The predicted octanol–water partition coefficient (Wildman–Crippen LogP) is 4.58. The van der Waals surface area contributed by atoms with Crippen LogP contribution in [0.1, 0.15) is 19.3 Å². The first-order valence-corrected chi connectivity index (χ1v) is 11.9. The Hall–Kier alpha value is 0.0206. The van der Waals surface area contributed by atoms with Crippen molar-refractivity contribution >= 4 is 25.9 Å². The molecule has 0 saturated carbocycles. The Morgan fingerprint density at radius 1 is 0.571 bits per heavy atom. The molecule has 0 spiro atoms. The molecule has 5 radical (unpaired) electrons. The van der Waals surface area contributed by atoms with Crippen molar-refractivity contribution in [2.75, 3.05) is 0 Å². The maximum Gasteiger partial charge on any atom is 0.388 e. The van der Waals surface area contributed by atoms with Crippen LogP contribution < -0.4 is 0 Å². The van der Waals surface area contributed by atoms with E-state index < -0.39 is 72.1 Å². The van der Waals surface area contributed by atoms with Crippen LogP contribution in [-0.2, 0) is 0 Å². The van der Waals surface area contributed by atoms with E-state index in [1.165, 1.54) is 0 Å². The highest BCUT2D eigenvalue weighted by Gasteiger charge is 2.36. The molecule has 0 heterocycles. The van der Waals surface area contributed by atoms with Crippen molar-refractivity contribution in [1.29, 1.82) is 0 Å². The van der Waals surface area contributed by atoms with Gasteiger partial charge in [0, 0.05) is 45.2 Å². The summed E-state index contributed by atoms with van der Waals surface area (Å²) in [5, 5.41) is 0. The lowest BCUT2D eigenvalue weighted by Crippen LogP contribution is -2.38. The van der Waals surface area contributed by atoms with Gasteiger partial charge in [-0.2, -0.15) is 39.5 Å². The summed E-state index contributed by atoms with van der Waals surface area (Å²) >= 11 is 0. The van der Waals surface area contributed by atoms with Gasteiger partial charge in [0.1, 0.15) is 0 Å². The van der Waals surface area contributed by atoms with E-state index in [0.29, 0.717) is 0 Å². The molecule has 0 saturated heterocycles. The van der Waals surface area contributed by atoms with Crippen LogP contribution in [0.2, 0.25) is 18.1 Å². The summed E-state index contributed by atoms with van der Waals surface area (Å²) in [4.78, 5) is 0. The van der Waals surface area contributed by atoms with Crippen LogP contribution in [0.15, 0.2) is 0 Å². The zero-order valence-corrected chi connectivity index (χ0v) is 13.6. The molecule has 123 valence electrons. The fourth-order valence-corrected chi connectivity index (χ4v) is 11.0. The molecule has 0 aliphatic rings. The Morgan fingerprint density at radius 3 is 1.14 bits per heavy atom. The van der Waals surface area contributed by atoms with Crippen LogP contribution in [0.5, 0.6) is 0 Å². The zero-order chi connectivity index (χ0) is 16.9. The van der Waals surface area contributed by atoms with Gasteiger partial charge in [0.05, 0.1) is 0 Å². The van der Waals surface area contributed by atoms with Crippen LogP contribution in [0.4, 0.5) is 39.5 Å². The molecule has 0 aliphatic carbocycles. The van der Waals surface area contributed by atoms with Crippen molar-refractivity contribution in [3.05, 3.63) is 0 Å². The molecule has 0 bridgehead atoms. The fourth-order valence-electron chi connectivity index (χ4n) is 1.46. The maximum atomic E-state index is 12.1. The number of hydrogen-bond donors (Lipinski definition) is 0. The monoisotopic (exact) mass is 375 g/mol. The lowest BCUT2D eigenvalue weighted by molar-refractivity contribution is -0.132. The number of rotatable bonds is 7. The van der Waals surface area contributed by atoms with Gasteiger partial charge in [-0.25, -0.2) is 0 Å². The van der Waals surface area contributed by atoms with Crippen LogP contribution in [0, 0.1) is 0 Å². The summed E-state index contributed by atoms with van der Waals surface area (Å²) in [7, 11) is -1.15. The summed E-state index contributed by atoms with van der Waals surface area (Å²) in [5.41, 5.74) is 0. The maximum absolute atomic E-state index is 12.1. The quantitative estimate of drug-likeness (QED) is 0.451. The Kier molecular flexibility index (Phi) is 8.04. The number of halogens is 9. The minimum absolute atomic E-state index is 0.408. The average Bonchev–Trinajstić information content (AvgIpc) is 2.22. The highest BCUT2D eigenvalue weighted by Crippen LogP contribution is 2.29. The second kappa shape index (κ2) is 8.04. The molecule has 21 heavy (non-hydrogen) atoms. The summed E-state index contributed by atoms with van der Waals surface area (Å²) < 4.78 is 109. The molecule has 0 rings (SSSR count). The third kappa shape index (κ3) is 13.4. The highest BCUT2D eigenvalue weighted by atomic mass is 29.6. The van der Waals surface area contributed by atoms with Crippen molar-refractivity contribution < 1.29 is 39.5 Å². The van der Waals surface area contributed by atoms with Gasteiger partial charge in [0.2, 0.25) is 0 Å². The second-order valence-corrected chi connectivity index (χ2v) is 15.3. The average molecular weight is 375 g/mol. The van der Waals surface area contributed by atoms with Crippen LogP contribution in [-0.4, -0.2) is 44.4 Å². The van der Waals surface area contributed by atoms with Crippen molar-refractivity contribution in [1.82, 2.24) is 0 Å². The van der Waals surface area contributed by atoms with Crippen LogP contribution >= 0.6 is 0 Å². The van der Waals surface area contributed by atoms with Crippen LogP contribution in [0.25, 0.3) is 0 Å². The number of hydrogen-bond acceptors (Lipinski definition) is 0. The molecule has 0 unspecified atom stereocenters. The first-order valence-electron chi connectivity index (χ1n) is 5.82. The van der Waals surface area contributed by atoms with Crippen molar-refractivity contribution in [3.8, 4) is 0 Å². The summed E-state index contributed by atoms with van der Waals surface area (Å²) in [6.07, 6.45) is -17.1. The standard InChI is InChI=1S/C9H12F9Si3/c10-7(11,12)1-4-20(5-2-8(13,14)15)21(19)6-3-9(16,17)18/h1-6H2. The van der Waals surface area contributed by atoms with Gasteiger partial charge in [-0.1, -0.05) is 18.1 Å². The minimum atomic E-state index is -4.51. The van der Waals surface area contributed by atoms with Gasteiger partial charge < -0.3 is 0 Å². The normalized spacial score (nSPS) is 14.3. The van der Waals surface area contributed by atoms with E-state index >= 15 is 0 Å². The SMILES string of the molecule is FC(F)(F)CC[Si]([Si])[Si](CCC(F)(F)F)CCC(F)(F)F. The van der Waals surface area contributed by atoms with E-state index in [2.05, 4.69) is 9.76 Å². The third-order valence-electron chi connectivity index (χ3n) is 2.51. The predicted molar refractivity (Wildman–Crippen MR) is 63.7 cm³/mol. The van der Waals surface area contributed by atoms with Crippen molar-refractivity contribution in [2.24, 2.45) is 0 Å². The molecule has 0 aromatic heterocycles. The Labute approximate surface area is 122 Å². The van der Waals surface area contributed by atoms with Gasteiger partial charge in [-0.15, -0.1) is 0 Å². The van der Waals surface area contributed by atoms with Gasteiger partial charge in [-0.3, -0.25) is 0 Å². The molecule has 0 fully saturated rings. The Balaban J connectivity index is 4.54. The molecule has 0 aromatic carbocycles. The molecule has 0 nitrogen and oxygen atoms in total. The summed E-state index contributed by atoms with van der Waals surface area (Å²) in [6, 6.07) is -1.38. The molecule has 0 amide bonds. The Morgan fingerprint density at radius 2 is 0.857 bits per heavy atom. The van der Waals surface area contributed by atoms with E-state index in [1.54, 1.807) is 0 Å². The van der Waals surface area contributed by atoms with Gasteiger partial charge >= 0.3 is 18.5 Å². The zero-order valence-electron chi connectivity index (χ0n) is 10.6. The highest BCUT2D eigenvalue weighted by molar-refractivity contribution is 7.41. The van der Waals surface area contributed by atoms with Crippen LogP contribution in [0.3, 0.4) is 0 Å². The van der Waals surface area contributed by atoms with E-state index in [9.17, 15) is 39.5 Å². The summed E-state index contributed by atoms with van der Waals surface area (Å²) in [5.74, 6) is 0.